The molecule has 0 spiro atoms. The maximum absolute atomic E-state index is 5.57. The Hall–Kier alpha value is -2.38. The molecule has 3 aliphatic rings. The van der Waals surface area contributed by atoms with Gasteiger partial charge in [0, 0.05) is 43.0 Å². The standard InChI is InChI=1S/C21H29N5O2/c1-15-10-19(26-21(23-15)22-14-24(26)2)16-6-5-9-25(12-16)13-17-11-18(27-3)7-8-20(17)28-4/h7-8,10-11,16H,5-6,9,12-14H2,1-4H3. The molecule has 3 heterocycles. The zero-order chi connectivity index (χ0) is 19.7. The number of guanidine groups is 1. The summed E-state index contributed by atoms with van der Waals surface area (Å²) in [7, 11) is 5.50. The summed E-state index contributed by atoms with van der Waals surface area (Å²) in [6.07, 6.45) is 4.58. The van der Waals surface area contributed by atoms with Gasteiger partial charge in [0.1, 0.15) is 18.2 Å². The lowest BCUT2D eigenvalue weighted by atomic mass is 9.92. The molecule has 1 saturated heterocycles. The molecule has 28 heavy (non-hydrogen) atoms. The fourth-order valence-electron chi connectivity index (χ4n) is 4.29. The van der Waals surface area contributed by atoms with Gasteiger partial charge in [-0.3, -0.25) is 4.90 Å². The topological polar surface area (TPSA) is 52.9 Å². The van der Waals surface area contributed by atoms with Crippen LogP contribution < -0.4 is 9.47 Å². The van der Waals surface area contributed by atoms with Crippen molar-refractivity contribution < 1.29 is 9.47 Å². The summed E-state index contributed by atoms with van der Waals surface area (Å²) in [4.78, 5) is 11.7. The lowest BCUT2D eigenvalue weighted by Crippen LogP contribution is -2.45. The van der Waals surface area contributed by atoms with E-state index in [9.17, 15) is 0 Å². The Morgan fingerprint density at radius 1 is 1.21 bits per heavy atom. The molecule has 1 fully saturated rings. The van der Waals surface area contributed by atoms with Gasteiger partial charge in [0.05, 0.1) is 14.2 Å². The van der Waals surface area contributed by atoms with E-state index in [-0.39, 0.29) is 0 Å². The zero-order valence-electron chi connectivity index (χ0n) is 17.2. The van der Waals surface area contributed by atoms with Crippen molar-refractivity contribution in [1.29, 1.82) is 0 Å². The van der Waals surface area contributed by atoms with Crippen LogP contribution in [0.3, 0.4) is 0 Å². The number of ether oxygens (including phenoxy) is 2. The maximum Gasteiger partial charge on any atom is 0.241 e. The predicted molar refractivity (Wildman–Crippen MR) is 111 cm³/mol. The van der Waals surface area contributed by atoms with E-state index in [1.807, 2.05) is 12.1 Å². The minimum Gasteiger partial charge on any atom is -0.497 e. The van der Waals surface area contributed by atoms with E-state index >= 15 is 0 Å². The molecule has 0 radical (unpaired) electrons. The van der Waals surface area contributed by atoms with Crippen molar-refractivity contribution in [2.75, 3.05) is 41.0 Å². The van der Waals surface area contributed by atoms with Gasteiger partial charge in [-0.25, -0.2) is 15.0 Å². The highest BCUT2D eigenvalue weighted by molar-refractivity contribution is 6.05. The van der Waals surface area contributed by atoms with Crippen molar-refractivity contribution in [2.24, 2.45) is 15.9 Å². The summed E-state index contributed by atoms with van der Waals surface area (Å²) >= 11 is 0. The van der Waals surface area contributed by atoms with E-state index in [1.54, 1.807) is 14.2 Å². The van der Waals surface area contributed by atoms with E-state index in [4.69, 9.17) is 9.47 Å². The lowest BCUT2D eigenvalue weighted by molar-refractivity contribution is 0.0998. The molecule has 0 bridgehead atoms. The van der Waals surface area contributed by atoms with Crippen molar-refractivity contribution in [1.82, 2.24) is 14.9 Å². The van der Waals surface area contributed by atoms with Crippen LogP contribution in [0, 0.1) is 5.92 Å². The lowest BCUT2D eigenvalue weighted by Gasteiger charge is -2.39. The van der Waals surface area contributed by atoms with E-state index in [1.165, 1.54) is 24.1 Å². The van der Waals surface area contributed by atoms with Crippen LogP contribution in [0.4, 0.5) is 0 Å². The number of hydrazine groups is 1. The Bertz CT molecular complexity index is 832. The molecule has 3 aliphatic heterocycles. The van der Waals surface area contributed by atoms with Gasteiger partial charge in [-0.2, -0.15) is 5.01 Å². The van der Waals surface area contributed by atoms with Gasteiger partial charge in [-0.15, -0.1) is 0 Å². The Balaban J connectivity index is 1.52. The Morgan fingerprint density at radius 3 is 2.86 bits per heavy atom. The first-order chi connectivity index (χ1) is 13.6. The molecule has 150 valence electrons. The molecule has 0 aliphatic carbocycles. The number of hydrogen-bond acceptors (Lipinski definition) is 7. The molecule has 0 aromatic heterocycles. The average molecular weight is 383 g/mol. The highest BCUT2D eigenvalue weighted by Crippen LogP contribution is 2.33. The van der Waals surface area contributed by atoms with Crippen LogP contribution in [0.5, 0.6) is 11.5 Å². The van der Waals surface area contributed by atoms with E-state index < -0.39 is 0 Å². The monoisotopic (exact) mass is 383 g/mol. The number of benzene rings is 1. The molecule has 0 saturated carbocycles. The number of fused-ring (bicyclic) bond motifs is 1. The molecule has 1 atom stereocenters. The number of aliphatic imine (C=N–C) groups is 2. The molecule has 0 amide bonds. The van der Waals surface area contributed by atoms with E-state index in [0.717, 1.165) is 42.8 Å². The number of allylic oxidation sites excluding steroid dienone is 1. The first kappa shape index (κ1) is 19.0. The minimum atomic E-state index is 0.460. The summed E-state index contributed by atoms with van der Waals surface area (Å²) in [5.74, 6) is 3.06. The predicted octanol–water partition coefficient (Wildman–Crippen LogP) is 2.75. The second-order valence-corrected chi connectivity index (χ2v) is 7.64. The quantitative estimate of drug-likeness (QED) is 0.783. The molecule has 1 aromatic carbocycles. The molecule has 1 aromatic rings. The fourth-order valence-corrected chi connectivity index (χ4v) is 4.29. The second kappa shape index (κ2) is 7.93. The van der Waals surface area contributed by atoms with Crippen LogP contribution in [0.1, 0.15) is 25.3 Å². The van der Waals surface area contributed by atoms with Crippen molar-refractivity contribution in [3.8, 4) is 11.5 Å². The Labute approximate surface area is 166 Å². The first-order valence-electron chi connectivity index (χ1n) is 9.85. The van der Waals surface area contributed by atoms with E-state index in [0.29, 0.717) is 12.6 Å². The smallest absolute Gasteiger partial charge is 0.241 e. The highest BCUT2D eigenvalue weighted by atomic mass is 16.5. The van der Waals surface area contributed by atoms with Gasteiger partial charge >= 0.3 is 0 Å². The van der Waals surface area contributed by atoms with Crippen LogP contribution in [0.2, 0.25) is 0 Å². The SMILES string of the molecule is COc1ccc(OC)c(CN2CCCC(C3=CC(C)=NC4=NCN(C)N34)C2)c1. The number of piperidine rings is 1. The summed E-state index contributed by atoms with van der Waals surface area (Å²) in [5.41, 5.74) is 3.51. The average Bonchev–Trinajstić information content (AvgIpc) is 3.08. The van der Waals surface area contributed by atoms with Crippen molar-refractivity contribution in [3.63, 3.8) is 0 Å². The van der Waals surface area contributed by atoms with Crippen LogP contribution in [-0.4, -0.2) is 67.6 Å². The molecule has 0 N–H and O–H groups in total. The number of rotatable bonds is 5. The van der Waals surface area contributed by atoms with Gasteiger partial charge in [0.25, 0.3) is 0 Å². The Kier molecular flexibility index (Phi) is 5.37. The van der Waals surface area contributed by atoms with Gasteiger partial charge in [-0.05, 0) is 50.6 Å². The summed E-state index contributed by atoms with van der Waals surface area (Å²) in [6, 6.07) is 6.01. The third-order valence-corrected chi connectivity index (χ3v) is 5.63. The normalized spacial score (nSPS) is 23.1. The minimum absolute atomic E-state index is 0.460. The highest BCUT2D eigenvalue weighted by Gasteiger charge is 2.34. The number of nitrogens with zero attached hydrogens (tertiary/aromatic N) is 5. The zero-order valence-corrected chi connectivity index (χ0v) is 17.2. The van der Waals surface area contributed by atoms with Crippen molar-refractivity contribution in [2.45, 2.75) is 26.3 Å². The third kappa shape index (κ3) is 3.64. The largest absolute Gasteiger partial charge is 0.497 e. The summed E-state index contributed by atoms with van der Waals surface area (Å²) < 4.78 is 11.0. The number of likely N-dealkylation sites (tertiary alicyclic amines) is 1. The van der Waals surface area contributed by atoms with Gasteiger partial charge in [-0.1, -0.05) is 0 Å². The van der Waals surface area contributed by atoms with Gasteiger partial charge in [0.15, 0.2) is 0 Å². The van der Waals surface area contributed by atoms with Crippen LogP contribution in [0.15, 0.2) is 40.0 Å². The van der Waals surface area contributed by atoms with Gasteiger partial charge in [0.2, 0.25) is 5.96 Å². The van der Waals surface area contributed by atoms with Crippen LogP contribution in [-0.2, 0) is 6.54 Å². The molecule has 7 heteroatoms. The first-order valence-corrected chi connectivity index (χ1v) is 9.85. The number of hydrogen-bond donors (Lipinski definition) is 0. The second-order valence-electron chi connectivity index (χ2n) is 7.64. The van der Waals surface area contributed by atoms with Crippen molar-refractivity contribution >= 4 is 11.7 Å². The molecule has 7 nitrogen and oxygen atoms in total. The maximum atomic E-state index is 5.57. The van der Waals surface area contributed by atoms with Crippen molar-refractivity contribution in [3.05, 3.63) is 35.5 Å². The fraction of sp³-hybridized carbons (Fsp3) is 0.524. The molecule has 1 unspecified atom stereocenters. The molecular formula is C21H29N5O2. The van der Waals surface area contributed by atoms with E-state index in [2.05, 4.69) is 51.0 Å². The number of methoxy groups -OCH3 is 2. The third-order valence-electron chi connectivity index (χ3n) is 5.63. The summed E-state index contributed by atoms with van der Waals surface area (Å²) in [5, 5.41) is 4.33. The summed E-state index contributed by atoms with van der Waals surface area (Å²) in [6.45, 7) is 5.68. The molecular weight excluding hydrogens is 354 g/mol. The van der Waals surface area contributed by atoms with Crippen LogP contribution >= 0.6 is 0 Å². The van der Waals surface area contributed by atoms with Crippen LogP contribution in [0.25, 0.3) is 0 Å². The van der Waals surface area contributed by atoms with Gasteiger partial charge < -0.3 is 9.47 Å². The molecule has 4 rings (SSSR count). The Morgan fingerprint density at radius 2 is 2.07 bits per heavy atom.